The van der Waals surface area contributed by atoms with Crippen LogP contribution in [0, 0.1) is 13.0 Å². The predicted molar refractivity (Wildman–Crippen MR) is 72.2 cm³/mol. The van der Waals surface area contributed by atoms with Gasteiger partial charge in [-0.15, -0.1) is 11.3 Å². The number of hydrogen-bond donors (Lipinski definition) is 1. The molecule has 2 rings (SSSR count). The minimum atomic E-state index is -4.81. The van der Waals surface area contributed by atoms with Gasteiger partial charge in [0.15, 0.2) is 6.10 Å². The van der Waals surface area contributed by atoms with Crippen molar-refractivity contribution in [1.29, 1.82) is 0 Å². The van der Waals surface area contributed by atoms with E-state index >= 15 is 0 Å². The molecule has 1 unspecified atom stereocenters. The van der Waals surface area contributed by atoms with Crippen molar-refractivity contribution in [3.63, 3.8) is 0 Å². The summed E-state index contributed by atoms with van der Waals surface area (Å²) in [6.07, 6.45) is -7.45. The Balaban J connectivity index is 2.74. The molecule has 0 spiro atoms. The lowest BCUT2D eigenvalue weighted by Gasteiger charge is -2.14. The lowest BCUT2D eigenvalue weighted by atomic mass is 10.1. The van der Waals surface area contributed by atoms with Gasteiger partial charge in [0.05, 0.1) is 7.81 Å². The zero-order chi connectivity index (χ0) is 14.4. The first-order chi connectivity index (χ1) is 8.73. The lowest BCUT2D eigenvalue weighted by molar-refractivity contribution is -0.382. The number of halogens is 4. The molecule has 1 atom stereocenters. The van der Waals surface area contributed by atoms with E-state index in [1.54, 1.807) is 22.6 Å². The highest BCUT2D eigenvalue weighted by Crippen LogP contribution is 2.44. The first-order valence-corrected chi connectivity index (χ1v) is 6.73. The highest BCUT2D eigenvalue weighted by Gasteiger charge is 2.42. The third-order valence-electron chi connectivity index (χ3n) is 2.47. The third-order valence-corrected chi connectivity index (χ3v) is 4.74. The maximum absolute atomic E-state index is 12.6. The fourth-order valence-electron chi connectivity index (χ4n) is 1.66. The number of aliphatic hydroxyl groups excluding tert-OH is 1. The zero-order valence-electron chi connectivity index (χ0n) is 8.94. The Labute approximate surface area is 122 Å². The summed E-state index contributed by atoms with van der Waals surface area (Å²) in [5, 5.41) is 20.3. The molecule has 0 radical (unpaired) electrons. The van der Waals surface area contributed by atoms with E-state index in [-0.39, 0.29) is 24.2 Å². The van der Waals surface area contributed by atoms with Gasteiger partial charge >= 0.3 is 6.18 Å². The van der Waals surface area contributed by atoms with Crippen LogP contribution in [0.2, 0.25) is 0 Å². The Hall–Kier alpha value is -0.940. The molecule has 0 aliphatic rings. The molecule has 0 aliphatic carbocycles. The molecular weight excluding hydrogens is 398 g/mol. The summed E-state index contributed by atoms with van der Waals surface area (Å²) in [6, 6.07) is 3.86. The van der Waals surface area contributed by atoms with Crippen LogP contribution < -0.4 is 0 Å². The number of alkyl halides is 3. The summed E-state index contributed by atoms with van der Waals surface area (Å²) >= 11 is 2.51. The SMILES string of the molecule is O=[N+]([O-])c1cccc2c(C(O)C(F)(F)F)c(I)sc12. The average Bonchev–Trinajstić information content (AvgIpc) is 2.61. The van der Waals surface area contributed by atoms with Crippen molar-refractivity contribution in [2.45, 2.75) is 12.3 Å². The zero-order valence-corrected chi connectivity index (χ0v) is 11.9. The Bertz CT molecular complexity index is 655. The fourth-order valence-corrected chi connectivity index (χ4v) is 3.95. The summed E-state index contributed by atoms with van der Waals surface area (Å²) in [6.45, 7) is 0. The molecule has 0 saturated heterocycles. The van der Waals surface area contributed by atoms with E-state index in [0.717, 1.165) is 11.3 Å². The maximum Gasteiger partial charge on any atom is 0.418 e. The molecule has 9 heteroatoms. The van der Waals surface area contributed by atoms with Crippen molar-refractivity contribution < 1.29 is 23.2 Å². The molecule has 0 aliphatic heterocycles. The van der Waals surface area contributed by atoms with Crippen molar-refractivity contribution in [3.05, 3.63) is 36.8 Å². The largest absolute Gasteiger partial charge is 0.418 e. The van der Waals surface area contributed by atoms with E-state index in [2.05, 4.69) is 0 Å². The molecule has 0 bridgehead atoms. The van der Waals surface area contributed by atoms with E-state index in [0.29, 0.717) is 0 Å². The molecule has 102 valence electrons. The van der Waals surface area contributed by atoms with Crippen LogP contribution in [0.1, 0.15) is 11.7 Å². The second-order valence-electron chi connectivity index (χ2n) is 3.64. The van der Waals surface area contributed by atoms with Gasteiger partial charge < -0.3 is 5.11 Å². The summed E-state index contributed by atoms with van der Waals surface area (Å²) in [4.78, 5) is 10.2. The van der Waals surface area contributed by atoms with Crippen LogP contribution in [0.25, 0.3) is 10.1 Å². The van der Waals surface area contributed by atoms with Crippen LogP contribution in [-0.4, -0.2) is 16.2 Å². The van der Waals surface area contributed by atoms with Crippen LogP contribution in [0.3, 0.4) is 0 Å². The number of rotatable bonds is 2. The Kier molecular flexibility index (Phi) is 3.71. The van der Waals surface area contributed by atoms with E-state index in [9.17, 15) is 28.4 Å². The van der Waals surface area contributed by atoms with E-state index in [4.69, 9.17) is 0 Å². The molecule has 19 heavy (non-hydrogen) atoms. The standard InChI is InChI=1S/C10H5F3INO3S/c11-10(12,13)8(16)6-4-2-1-3-5(15(17)18)7(4)19-9(6)14/h1-3,8,16H. The van der Waals surface area contributed by atoms with Gasteiger partial charge in [0, 0.05) is 17.0 Å². The minimum Gasteiger partial charge on any atom is -0.379 e. The van der Waals surface area contributed by atoms with Crippen LogP contribution >= 0.6 is 33.9 Å². The molecule has 0 saturated carbocycles. The third kappa shape index (κ3) is 2.54. The van der Waals surface area contributed by atoms with Gasteiger partial charge in [0.1, 0.15) is 4.70 Å². The highest BCUT2D eigenvalue weighted by atomic mass is 127. The smallest absolute Gasteiger partial charge is 0.379 e. The van der Waals surface area contributed by atoms with Gasteiger partial charge in [-0.25, -0.2) is 0 Å². The lowest BCUT2D eigenvalue weighted by Crippen LogP contribution is -2.20. The first-order valence-electron chi connectivity index (χ1n) is 4.83. The fraction of sp³-hybridized carbons (Fsp3) is 0.200. The number of hydrogen-bond acceptors (Lipinski definition) is 4. The highest BCUT2D eigenvalue weighted by molar-refractivity contribution is 14.1. The van der Waals surface area contributed by atoms with Gasteiger partial charge in [-0.1, -0.05) is 12.1 Å². The number of non-ortho nitro benzene ring substituents is 1. The maximum atomic E-state index is 12.6. The molecule has 2 aromatic rings. The molecule has 4 nitrogen and oxygen atoms in total. The van der Waals surface area contributed by atoms with E-state index in [1.165, 1.54) is 18.2 Å². The van der Waals surface area contributed by atoms with Crippen LogP contribution in [0.4, 0.5) is 18.9 Å². The number of thiophene rings is 1. The second kappa shape index (κ2) is 4.87. The average molecular weight is 403 g/mol. The molecule has 0 fully saturated rings. The number of nitro benzene ring substituents is 1. The molecule has 0 amide bonds. The Morgan fingerprint density at radius 3 is 2.58 bits per heavy atom. The van der Waals surface area contributed by atoms with Gasteiger partial charge in [-0.3, -0.25) is 10.1 Å². The first kappa shape index (κ1) is 14.5. The van der Waals surface area contributed by atoms with E-state index in [1.807, 2.05) is 0 Å². The van der Waals surface area contributed by atoms with Crippen LogP contribution in [0.15, 0.2) is 18.2 Å². The summed E-state index contributed by atoms with van der Waals surface area (Å²) in [7, 11) is 0. The van der Waals surface area contributed by atoms with Crippen LogP contribution in [0.5, 0.6) is 0 Å². The molecule has 1 aromatic heterocycles. The van der Waals surface area contributed by atoms with Crippen molar-refractivity contribution >= 4 is 49.7 Å². The topological polar surface area (TPSA) is 63.4 Å². The van der Waals surface area contributed by atoms with Gasteiger partial charge in [0.25, 0.3) is 5.69 Å². The molecular formula is C10H5F3INO3S. The van der Waals surface area contributed by atoms with Gasteiger partial charge in [-0.05, 0) is 22.6 Å². The Morgan fingerprint density at radius 2 is 2.05 bits per heavy atom. The monoisotopic (exact) mass is 403 g/mol. The van der Waals surface area contributed by atoms with Crippen molar-refractivity contribution in [3.8, 4) is 0 Å². The molecule has 1 aromatic carbocycles. The number of nitro groups is 1. The summed E-state index contributed by atoms with van der Waals surface area (Å²) < 4.78 is 38.1. The number of nitrogens with zero attached hydrogens (tertiary/aromatic N) is 1. The van der Waals surface area contributed by atoms with Gasteiger partial charge in [0.2, 0.25) is 0 Å². The Morgan fingerprint density at radius 1 is 1.42 bits per heavy atom. The number of aliphatic hydroxyl groups is 1. The number of fused-ring (bicyclic) bond motifs is 1. The van der Waals surface area contributed by atoms with Crippen molar-refractivity contribution in [2.75, 3.05) is 0 Å². The predicted octanol–water partition coefficient (Wildman–Crippen LogP) is 4.01. The normalized spacial score (nSPS) is 13.7. The summed E-state index contributed by atoms with van der Waals surface area (Å²) in [5.41, 5.74) is -0.585. The summed E-state index contributed by atoms with van der Waals surface area (Å²) in [5.74, 6) is 0. The second-order valence-corrected chi connectivity index (χ2v) is 6.48. The molecule has 1 heterocycles. The van der Waals surface area contributed by atoms with Gasteiger partial charge in [-0.2, -0.15) is 13.2 Å². The van der Waals surface area contributed by atoms with Crippen molar-refractivity contribution in [1.82, 2.24) is 0 Å². The number of benzene rings is 1. The van der Waals surface area contributed by atoms with Crippen molar-refractivity contribution in [2.24, 2.45) is 0 Å². The van der Waals surface area contributed by atoms with Crippen LogP contribution in [-0.2, 0) is 0 Å². The quantitative estimate of drug-likeness (QED) is 0.468. The molecule has 1 N–H and O–H groups in total. The minimum absolute atomic E-state index is 0.0634. The van der Waals surface area contributed by atoms with E-state index < -0.39 is 17.2 Å².